The summed E-state index contributed by atoms with van der Waals surface area (Å²) in [5.74, 6) is 0.0838. The van der Waals surface area contributed by atoms with Crippen LogP contribution in [0.25, 0.3) is 0 Å². The Morgan fingerprint density at radius 2 is 1.61 bits per heavy atom. The van der Waals surface area contributed by atoms with Crippen LogP contribution in [0.2, 0.25) is 0 Å². The molecule has 4 rings (SSSR count). The van der Waals surface area contributed by atoms with Crippen molar-refractivity contribution < 1.29 is 18.3 Å². The van der Waals surface area contributed by atoms with Crippen LogP contribution in [0, 0.1) is 12.7 Å². The summed E-state index contributed by atoms with van der Waals surface area (Å²) in [5, 5.41) is 0. The first-order valence-electron chi connectivity index (χ1n) is 10.4. The van der Waals surface area contributed by atoms with E-state index >= 15 is 0 Å². The Hall–Kier alpha value is -3.03. The molecule has 0 radical (unpaired) electrons. The van der Waals surface area contributed by atoms with Crippen LogP contribution in [-0.2, 0) is 24.4 Å². The molecule has 1 aliphatic heterocycles. The van der Waals surface area contributed by atoms with Crippen LogP contribution in [-0.4, -0.2) is 47.0 Å². The number of nitrogens with zero attached hydrogens (tertiary/aromatic N) is 3. The van der Waals surface area contributed by atoms with Crippen molar-refractivity contribution in [2.75, 3.05) is 26.3 Å². The van der Waals surface area contributed by atoms with Gasteiger partial charge in [-0.1, -0.05) is 42.0 Å². The minimum atomic E-state index is -0.257. The van der Waals surface area contributed by atoms with E-state index in [0.29, 0.717) is 57.5 Å². The molecule has 1 fully saturated rings. The van der Waals surface area contributed by atoms with Crippen molar-refractivity contribution in [3.63, 3.8) is 0 Å². The van der Waals surface area contributed by atoms with E-state index in [9.17, 15) is 9.18 Å². The number of aryl methyl sites for hydroxylation is 1. The number of aromatic nitrogens is 1. The van der Waals surface area contributed by atoms with Gasteiger partial charge in [-0.05, 0) is 30.2 Å². The second-order valence-electron chi connectivity index (χ2n) is 7.79. The predicted molar refractivity (Wildman–Crippen MR) is 114 cm³/mol. The highest BCUT2D eigenvalue weighted by Gasteiger charge is 2.22. The third-order valence-electron chi connectivity index (χ3n) is 5.27. The molecule has 162 valence electrons. The van der Waals surface area contributed by atoms with Crippen LogP contribution >= 0.6 is 0 Å². The van der Waals surface area contributed by atoms with E-state index in [1.54, 1.807) is 17.0 Å². The van der Waals surface area contributed by atoms with E-state index < -0.39 is 0 Å². The number of amides is 1. The van der Waals surface area contributed by atoms with Gasteiger partial charge < -0.3 is 14.1 Å². The topological polar surface area (TPSA) is 58.8 Å². The molecule has 1 aliphatic rings. The van der Waals surface area contributed by atoms with Gasteiger partial charge in [-0.25, -0.2) is 9.37 Å². The number of hydrogen-bond acceptors (Lipinski definition) is 5. The van der Waals surface area contributed by atoms with Crippen LogP contribution < -0.4 is 0 Å². The van der Waals surface area contributed by atoms with Gasteiger partial charge >= 0.3 is 0 Å². The van der Waals surface area contributed by atoms with Crippen LogP contribution in [0.4, 0.5) is 4.39 Å². The lowest BCUT2D eigenvalue weighted by Crippen LogP contribution is -2.40. The molecule has 31 heavy (non-hydrogen) atoms. The van der Waals surface area contributed by atoms with Crippen molar-refractivity contribution in [1.82, 2.24) is 14.8 Å². The highest BCUT2D eigenvalue weighted by Crippen LogP contribution is 2.16. The number of morpholine rings is 1. The van der Waals surface area contributed by atoms with E-state index in [2.05, 4.69) is 41.1 Å². The third kappa shape index (κ3) is 5.77. The molecule has 1 saturated heterocycles. The molecule has 2 aromatic carbocycles. The molecule has 1 aromatic heterocycles. The average molecular weight is 423 g/mol. The summed E-state index contributed by atoms with van der Waals surface area (Å²) in [5.41, 5.74) is 3.66. The van der Waals surface area contributed by atoms with Crippen molar-refractivity contribution in [2.45, 2.75) is 26.6 Å². The minimum absolute atomic E-state index is 0.137. The Balaban J connectivity index is 1.48. The molecule has 7 heteroatoms. The summed E-state index contributed by atoms with van der Waals surface area (Å²) in [6.07, 6.45) is 1.43. The lowest BCUT2D eigenvalue weighted by molar-refractivity contribution is 0.0299. The normalized spacial score (nSPS) is 14.2. The Bertz CT molecular complexity index is 948. The van der Waals surface area contributed by atoms with Gasteiger partial charge in [0.1, 0.15) is 12.1 Å². The molecule has 0 aliphatic carbocycles. The number of oxazole rings is 1. The summed E-state index contributed by atoms with van der Waals surface area (Å²) in [4.78, 5) is 21.0. The van der Waals surface area contributed by atoms with Gasteiger partial charge in [0.15, 0.2) is 5.69 Å². The van der Waals surface area contributed by atoms with E-state index in [0.717, 1.165) is 11.1 Å². The summed E-state index contributed by atoms with van der Waals surface area (Å²) < 4.78 is 24.2. The van der Waals surface area contributed by atoms with Crippen molar-refractivity contribution in [3.8, 4) is 0 Å². The molecule has 0 saturated carbocycles. The Morgan fingerprint density at radius 3 is 2.26 bits per heavy atom. The molecule has 6 nitrogen and oxygen atoms in total. The number of ether oxygens (including phenoxy) is 1. The van der Waals surface area contributed by atoms with E-state index in [4.69, 9.17) is 9.15 Å². The molecule has 0 N–H and O–H groups in total. The quantitative estimate of drug-likeness (QED) is 0.579. The third-order valence-corrected chi connectivity index (χ3v) is 5.27. The number of carbonyl (C=O) groups is 1. The molecule has 1 amide bonds. The maximum absolute atomic E-state index is 13.3. The molecule has 2 heterocycles. The SMILES string of the molecule is Cc1ccc(CN(Cc2ccc(F)cc2)Cc2nc(C(=O)N3CCOCC3)co2)cc1. The monoisotopic (exact) mass is 423 g/mol. The fourth-order valence-electron chi connectivity index (χ4n) is 3.57. The number of rotatable bonds is 7. The van der Waals surface area contributed by atoms with Gasteiger partial charge in [0, 0.05) is 26.2 Å². The second-order valence-corrected chi connectivity index (χ2v) is 7.79. The summed E-state index contributed by atoms with van der Waals surface area (Å²) >= 11 is 0. The largest absolute Gasteiger partial charge is 0.447 e. The first-order chi connectivity index (χ1) is 15.1. The smallest absolute Gasteiger partial charge is 0.275 e. The minimum Gasteiger partial charge on any atom is -0.447 e. The van der Waals surface area contributed by atoms with Crippen molar-refractivity contribution in [1.29, 1.82) is 0 Å². The molecule has 0 atom stereocenters. The second kappa shape index (κ2) is 9.85. The first kappa shape index (κ1) is 21.2. The first-order valence-corrected chi connectivity index (χ1v) is 10.4. The Morgan fingerprint density at radius 1 is 1.00 bits per heavy atom. The van der Waals surface area contributed by atoms with Gasteiger partial charge in [0.25, 0.3) is 5.91 Å². The maximum Gasteiger partial charge on any atom is 0.275 e. The van der Waals surface area contributed by atoms with Gasteiger partial charge in [-0.2, -0.15) is 0 Å². The number of benzene rings is 2. The van der Waals surface area contributed by atoms with E-state index in [-0.39, 0.29) is 11.7 Å². The average Bonchev–Trinajstić information content (AvgIpc) is 3.25. The molecule has 0 unspecified atom stereocenters. The lowest BCUT2D eigenvalue weighted by atomic mass is 10.1. The van der Waals surface area contributed by atoms with E-state index in [1.807, 2.05) is 0 Å². The predicted octanol–water partition coefficient (Wildman–Crippen LogP) is 3.80. The van der Waals surface area contributed by atoms with Crippen molar-refractivity contribution >= 4 is 5.91 Å². The fraction of sp³-hybridized carbons (Fsp3) is 0.333. The summed E-state index contributed by atoms with van der Waals surface area (Å²) in [6.45, 7) is 5.96. The van der Waals surface area contributed by atoms with Gasteiger partial charge in [-0.3, -0.25) is 9.69 Å². The van der Waals surface area contributed by atoms with E-state index in [1.165, 1.54) is 24.0 Å². The molecule has 0 spiro atoms. The zero-order valence-electron chi connectivity index (χ0n) is 17.6. The highest BCUT2D eigenvalue weighted by atomic mass is 19.1. The van der Waals surface area contributed by atoms with Crippen molar-refractivity contribution in [2.24, 2.45) is 0 Å². The zero-order chi connectivity index (χ0) is 21.6. The van der Waals surface area contributed by atoms with Gasteiger partial charge in [0.05, 0.1) is 19.8 Å². The summed E-state index contributed by atoms with van der Waals surface area (Å²) in [6, 6.07) is 14.8. The van der Waals surface area contributed by atoms with Crippen LogP contribution in [0.3, 0.4) is 0 Å². The lowest BCUT2D eigenvalue weighted by Gasteiger charge is -2.25. The highest BCUT2D eigenvalue weighted by molar-refractivity contribution is 5.92. The van der Waals surface area contributed by atoms with Crippen molar-refractivity contribution in [3.05, 3.63) is 88.9 Å². The summed E-state index contributed by atoms with van der Waals surface area (Å²) in [7, 11) is 0. The fourth-order valence-corrected chi connectivity index (χ4v) is 3.57. The maximum atomic E-state index is 13.3. The number of hydrogen-bond donors (Lipinski definition) is 0. The zero-order valence-corrected chi connectivity index (χ0v) is 17.6. The number of halogens is 1. The Labute approximate surface area is 181 Å². The molecule has 0 bridgehead atoms. The van der Waals surface area contributed by atoms with Crippen LogP contribution in [0.5, 0.6) is 0 Å². The Kier molecular flexibility index (Phi) is 6.74. The van der Waals surface area contributed by atoms with Gasteiger partial charge in [0.2, 0.25) is 5.89 Å². The van der Waals surface area contributed by atoms with Crippen LogP contribution in [0.15, 0.2) is 59.2 Å². The molecular weight excluding hydrogens is 397 g/mol. The van der Waals surface area contributed by atoms with Gasteiger partial charge in [-0.15, -0.1) is 0 Å². The standard InChI is InChI=1S/C24H26FN3O3/c1-18-2-4-19(5-3-18)14-27(15-20-6-8-21(25)9-7-20)16-23-26-22(17-31-23)24(29)28-10-12-30-13-11-28/h2-9,17H,10-16H2,1H3. The molecular formula is C24H26FN3O3. The molecule has 3 aromatic rings. The number of carbonyl (C=O) groups excluding carboxylic acids is 1. The van der Waals surface area contributed by atoms with Crippen LogP contribution in [0.1, 0.15) is 33.1 Å².